The molecule has 1 heteroatoms. The second kappa shape index (κ2) is 9.31. The molecule has 0 aliphatic rings. The van der Waals surface area contributed by atoms with Crippen LogP contribution in [0.4, 0.5) is 0 Å². The Labute approximate surface area is 163 Å². The van der Waals surface area contributed by atoms with Gasteiger partial charge in [-0.3, -0.25) is 0 Å². The van der Waals surface area contributed by atoms with Crippen LogP contribution in [0.25, 0.3) is 0 Å². The van der Waals surface area contributed by atoms with Crippen LogP contribution in [-0.2, 0) is 0 Å². The zero-order valence-corrected chi connectivity index (χ0v) is 16.4. The highest BCUT2D eigenvalue weighted by Crippen LogP contribution is 2.09. The van der Waals surface area contributed by atoms with Crippen LogP contribution in [0.2, 0.25) is 6.04 Å². The predicted molar refractivity (Wildman–Crippen MR) is 116 cm³/mol. The molecule has 0 aliphatic heterocycles. The minimum absolute atomic E-state index is 0.868. The molecule has 3 rings (SSSR count). The Morgan fingerprint density at radius 1 is 0.519 bits per heavy atom. The summed E-state index contributed by atoms with van der Waals surface area (Å²) in [5.74, 6) is 9.95. The normalized spacial score (nSPS) is 9.67. The van der Waals surface area contributed by atoms with Gasteiger partial charge in [0.05, 0.1) is 0 Å². The van der Waals surface area contributed by atoms with Gasteiger partial charge < -0.3 is 0 Å². The van der Waals surface area contributed by atoms with Gasteiger partial charge in [0.2, 0.25) is 0 Å². The smallest absolute Gasteiger partial charge is 0.0953 e. The summed E-state index contributed by atoms with van der Waals surface area (Å²) in [7, 11) is -2.40. The Bertz CT molecular complexity index is 909. The second-order valence-electron chi connectivity index (χ2n) is 6.11. The van der Waals surface area contributed by atoms with Gasteiger partial charge >= 0.3 is 0 Å². The van der Waals surface area contributed by atoms with Crippen LogP contribution in [0.15, 0.2) is 91.0 Å². The maximum Gasteiger partial charge on any atom is 0.292 e. The molecule has 0 spiro atoms. The van der Waals surface area contributed by atoms with Crippen LogP contribution in [0.5, 0.6) is 0 Å². The van der Waals surface area contributed by atoms with E-state index in [1.54, 1.807) is 0 Å². The van der Waals surface area contributed by atoms with Crippen molar-refractivity contribution < 1.29 is 0 Å². The first-order valence-corrected chi connectivity index (χ1v) is 11.2. The van der Waals surface area contributed by atoms with Crippen molar-refractivity contribution in [2.24, 2.45) is 0 Å². The van der Waals surface area contributed by atoms with E-state index in [9.17, 15) is 0 Å². The molecule has 3 aromatic carbocycles. The largest absolute Gasteiger partial charge is 0.292 e. The summed E-state index contributed by atoms with van der Waals surface area (Å²) in [4.78, 5) is 0. The van der Waals surface area contributed by atoms with Crippen molar-refractivity contribution in [2.75, 3.05) is 0 Å². The van der Waals surface area contributed by atoms with Gasteiger partial charge in [-0.2, -0.15) is 0 Å². The summed E-state index contributed by atoms with van der Waals surface area (Å²) in [5, 5.41) is 0. The van der Waals surface area contributed by atoms with Gasteiger partial charge in [-0.1, -0.05) is 95.9 Å². The lowest BCUT2D eigenvalue weighted by Crippen LogP contribution is -2.29. The van der Waals surface area contributed by atoms with Crippen LogP contribution >= 0.6 is 0 Å². The van der Waals surface area contributed by atoms with Crippen molar-refractivity contribution >= 4 is 8.07 Å². The highest BCUT2D eigenvalue weighted by Gasteiger charge is 2.25. The fourth-order valence-electron chi connectivity index (χ4n) is 2.46. The molecule has 0 heterocycles. The number of rotatable bonds is 1. The van der Waals surface area contributed by atoms with Crippen molar-refractivity contribution in [1.29, 1.82) is 0 Å². The molecule has 3 aromatic rings. The molecule has 0 radical (unpaired) electrons. The number of benzene rings is 3. The monoisotopic (exact) mass is 360 g/mol. The fraction of sp³-hybridized carbons (Fsp3) is 0.0769. The van der Waals surface area contributed by atoms with E-state index in [2.05, 4.69) is 41.3 Å². The molecule has 0 bridgehead atoms. The first-order chi connectivity index (χ1) is 13.3. The highest BCUT2D eigenvalue weighted by atomic mass is 28.3. The number of hydrogen-bond acceptors (Lipinski definition) is 0. The average molecular weight is 361 g/mol. The third-order valence-corrected chi connectivity index (χ3v) is 6.83. The lowest BCUT2D eigenvalue weighted by molar-refractivity contribution is 1.43. The molecule has 27 heavy (non-hydrogen) atoms. The molecule has 0 saturated heterocycles. The summed E-state index contributed by atoms with van der Waals surface area (Å²) < 4.78 is 0. The first kappa shape index (κ1) is 18.4. The van der Waals surface area contributed by atoms with Gasteiger partial charge in [-0.15, -0.1) is 0 Å². The van der Waals surface area contributed by atoms with E-state index in [0.717, 1.165) is 22.7 Å². The maximum absolute atomic E-state index is 3.48. The van der Waals surface area contributed by atoms with Gasteiger partial charge in [0.25, 0.3) is 8.07 Å². The van der Waals surface area contributed by atoms with Crippen molar-refractivity contribution in [3.63, 3.8) is 0 Å². The van der Waals surface area contributed by atoms with E-state index >= 15 is 0 Å². The quantitative estimate of drug-likeness (QED) is 0.412. The van der Waals surface area contributed by atoms with Gasteiger partial charge in [-0.05, 0) is 42.4 Å². The van der Waals surface area contributed by atoms with Crippen LogP contribution < -0.4 is 0 Å². The fourth-order valence-corrected chi connectivity index (χ4v) is 4.25. The zero-order chi connectivity index (χ0) is 18.8. The van der Waals surface area contributed by atoms with Crippen molar-refractivity contribution in [1.82, 2.24) is 0 Å². The maximum atomic E-state index is 3.48. The van der Waals surface area contributed by atoms with Gasteiger partial charge in [0.15, 0.2) is 0 Å². The topological polar surface area (TPSA) is 0 Å². The Kier molecular flexibility index (Phi) is 6.33. The molecule has 0 N–H and O–H groups in total. The van der Waals surface area contributed by atoms with E-state index in [-0.39, 0.29) is 0 Å². The summed E-state index contributed by atoms with van der Waals surface area (Å²) >= 11 is 0. The molecular formula is C26H20Si. The molecule has 128 valence electrons. The van der Waals surface area contributed by atoms with Crippen LogP contribution in [0, 0.1) is 34.4 Å². The zero-order valence-electron chi connectivity index (χ0n) is 15.4. The van der Waals surface area contributed by atoms with E-state index in [1.165, 1.54) is 0 Å². The third kappa shape index (κ3) is 5.52. The minimum Gasteiger partial charge on any atom is -0.0953 e. The second-order valence-corrected chi connectivity index (χ2v) is 9.37. The Morgan fingerprint density at radius 2 is 0.815 bits per heavy atom. The molecule has 0 unspecified atom stereocenters. The van der Waals surface area contributed by atoms with Crippen LogP contribution in [0.3, 0.4) is 0 Å². The lowest BCUT2D eigenvalue weighted by atomic mass is 10.2. The minimum atomic E-state index is -2.40. The van der Waals surface area contributed by atoms with E-state index in [4.69, 9.17) is 0 Å². The molecular weight excluding hydrogens is 340 g/mol. The summed E-state index contributed by atoms with van der Waals surface area (Å²) in [6.07, 6.45) is 0. The molecule has 0 fully saturated rings. The molecule has 0 aromatic heterocycles. The first-order valence-electron chi connectivity index (χ1n) is 9.04. The van der Waals surface area contributed by atoms with Crippen LogP contribution in [-0.4, -0.2) is 8.07 Å². The average Bonchev–Trinajstić information content (AvgIpc) is 2.76. The van der Waals surface area contributed by atoms with Crippen molar-refractivity contribution in [3.05, 3.63) is 108 Å². The summed E-state index contributed by atoms with van der Waals surface area (Å²) in [5.41, 5.74) is 13.5. The van der Waals surface area contributed by atoms with Crippen LogP contribution in [0.1, 0.15) is 23.6 Å². The molecule has 0 atom stereocenters. The Balaban J connectivity index is 2.03. The number of hydrogen-bond donors (Lipinski definition) is 0. The van der Waals surface area contributed by atoms with Gasteiger partial charge in [0.1, 0.15) is 0 Å². The van der Waals surface area contributed by atoms with E-state index < -0.39 is 8.07 Å². The standard InChI is InChI=1S/C26H20Si/c1-2-27(21-18-24-12-6-3-7-13-24,22-19-25-14-8-4-9-15-25)23-20-26-16-10-5-11-17-26/h3-17H,2H2,1H3. The summed E-state index contributed by atoms with van der Waals surface area (Å²) in [6, 6.07) is 31.0. The Morgan fingerprint density at radius 3 is 1.07 bits per heavy atom. The third-order valence-electron chi connectivity index (χ3n) is 4.11. The summed E-state index contributed by atoms with van der Waals surface area (Å²) in [6.45, 7) is 2.14. The van der Waals surface area contributed by atoms with E-state index in [0.29, 0.717) is 0 Å². The molecule has 0 nitrogen and oxygen atoms in total. The lowest BCUT2D eigenvalue weighted by Gasteiger charge is -2.09. The SMILES string of the molecule is CC[Si](C#Cc1ccccc1)(C#Cc1ccccc1)C#Cc1ccccc1. The molecule has 0 aliphatic carbocycles. The van der Waals surface area contributed by atoms with E-state index in [1.807, 2.05) is 91.0 Å². The van der Waals surface area contributed by atoms with Crippen molar-refractivity contribution in [2.45, 2.75) is 13.0 Å². The molecule has 0 amide bonds. The van der Waals surface area contributed by atoms with Gasteiger partial charge in [0, 0.05) is 16.7 Å². The highest BCUT2D eigenvalue weighted by molar-refractivity contribution is 7.00. The Hall–Kier alpha value is -3.44. The van der Waals surface area contributed by atoms with Gasteiger partial charge in [-0.25, -0.2) is 0 Å². The molecule has 0 saturated carbocycles. The predicted octanol–water partition coefficient (Wildman–Crippen LogP) is 5.23. The van der Waals surface area contributed by atoms with Crippen molar-refractivity contribution in [3.8, 4) is 34.4 Å².